The SMILES string of the molecule is CCOC(=O)C1=CCCN1. The fourth-order valence-corrected chi connectivity index (χ4v) is 0.860. The molecule has 3 heteroatoms. The summed E-state index contributed by atoms with van der Waals surface area (Å²) in [5.41, 5.74) is 0.613. The van der Waals surface area contributed by atoms with E-state index >= 15 is 0 Å². The van der Waals surface area contributed by atoms with Crippen LogP contribution in [0.2, 0.25) is 0 Å². The van der Waals surface area contributed by atoms with Crippen molar-refractivity contribution in [2.75, 3.05) is 13.2 Å². The number of rotatable bonds is 2. The van der Waals surface area contributed by atoms with Crippen molar-refractivity contribution in [3.05, 3.63) is 11.8 Å². The van der Waals surface area contributed by atoms with Crippen LogP contribution in [0.1, 0.15) is 13.3 Å². The molecule has 3 nitrogen and oxygen atoms in total. The fraction of sp³-hybridized carbons (Fsp3) is 0.571. The average Bonchev–Trinajstić information content (AvgIpc) is 2.38. The second kappa shape index (κ2) is 3.25. The second-order valence-corrected chi connectivity index (χ2v) is 2.05. The molecule has 0 bridgehead atoms. The number of carbonyl (C=O) groups is 1. The molecule has 0 aromatic rings. The minimum Gasteiger partial charge on any atom is -0.461 e. The van der Waals surface area contributed by atoms with Crippen LogP contribution in [0.5, 0.6) is 0 Å². The standard InChI is InChI=1S/C7H11NO2/c1-2-10-7(9)6-4-3-5-8-6/h4,8H,2-3,5H2,1H3. The van der Waals surface area contributed by atoms with E-state index in [1.165, 1.54) is 0 Å². The van der Waals surface area contributed by atoms with Crippen LogP contribution < -0.4 is 5.32 Å². The van der Waals surface area contributed by atoms with Crippen molar-refractivity contribution < 1.29 is 9.53 Å². The Morgan fingerprint density at radius 1 is 1.90 bits per heavy atom. The molecule has 1 aliphatic rings. The number of nitrogens with one attached hydrogen (secondary N) is 1. The van der Waals surface area contributed by atoms with Crippen LogP contribution in [0.3, 0.4) is 0 Å². The molecule has 1 N–H and O–H groups in total. The maximum absolute atomic E-state index is 10.9. The van der Waals surface area contributed by atoms with E-state index in [2.05, 4.69) is 5.32 Å². The average molecular weight is 141 g/mol. The Labute approximate surface area is 60.1 Å². The Morgan fingerprint density at radius 2 is 2.70 bits per heavy atom. The normalized spacial score (nSPS) is 15.9. The van der Waals surface area contributed by atoms with Gasteiger partial charge in [-0.2, -0.15) is 0 Å². The van der Waals surface area contributed by atoms with E-state index in [0.717, 1.165) is 13.0 Å². The largest absolute Gasteiger partial charge is 0.461 e. The van der Waals surface area contributed by atoms with Crippen LogP contribution in [0.15, 0.2) is 11.8 Å². The number of hydrogen-bond donors (Lipinski definition) is 1. The Morgan fingerprint density at radius 3 is 3.20 bits per heavy atom. The van der Waals surface area contributed by atoms with E-state index in [0.29, 0.717) is 12.3 Å². The zero-order chi connectivity index (χ0) is 7.40. The maximum Gasteiger partial charge on any atom is 0.354 e. The van der Waals surface area contributed by atoms with Gasteiger partial charge in [0.1, 0.15) is 5.70 Å². The van der Waals surface area contributed by atoms with Gasteiger partial charge in [0.05, 0.1) is 6.61 Å². The van der Waals surface area contributed by atoms with Gasteiger partial charge in [0, 0.05) is 6.54 Å². The summed E-state index contributed by atoms with van der Waals surface area (Å²) in [5, 5.41) is 2.93. The predicted octanol–water partition coefficient (Wildman–Crippen LogP) is 0.427. The molecule has 0 aromatic carbocycles. The highest BCUT2D eigenvalue weighted by Crippen LogP contribution is 2.02. The molecule has 0 radical (unpaired) electrons. The van der Waals surface area contributed by atoms with Crippen molar-refractivity contribution in [1.82, 2.24) is 5.32 Å². The van der Waals surface area contributed by atoms with E-state index < -0.39 is 0 Å². The lowest BCUT2D eigenvalue weighted by Crippen LogP contribution is -2.18. The third-order valence-electron chi connectivity index (χ3n) is 1.30. The number of esters is 1. The van der Waals surface area contributed by atoms with Crippen LogP contribution >= 0.6 is 0 Å². The Balaban J connectivity index is 2.40. The topological polar surface area (TPSA) is 38.3 Å². The van der Waals surface area contributed by atoms with Crippen LogP contribution in [0.4, 0.5) is 0 Å². The number of ether oxygens (including phenoxy) is 1. The van der Waals surface area contributed by atoms with Gasteiger partial charge < -0.3 is 10.1 Å². The van der Waals surface area contributed by atoms with E-state index in [-0.39, 0.29) is 5.97 Å². The molecule has 0 saturated carbocycles. The Hall–Kier alpha value is -0.990. The first kappa shape index (κ1) is 7.12. The highest BCUT2D eigenvalue weighted by atomic mass is 16.5. The minimum atomic E-state index is -0.236. The van der Waals surface area contributed by atoms with E-state index in [1.54, 1.807) is 6.92 Å². The van der Waals surface area contributed by atoms with Gasteiger partial charge in [-0.15, -0.1) is 0 Å². The first-order valence-corrected chi connectivity index (χ1v) is 3.45. The highest BCUT2D eigenvalue weighted by molar-refractivity contribution is 5.88. The molecule has 56 valence electrons. The lowest BCUT2D eigenvalue weighted by molar-refractivity contribution is -0.138. The second-order valence-electron chi connectivity index (χ2n) is 2.05. The van der Waals surface area contributed by atoms with Crippen LogP contribution in [-0.2, 0) is 9.53 Å². The summed E-state index contributed by atoms with van der Waals surface area (Å²) in [6.07, 6.45) is 2.78. The molecule has 0 aromatic heterocycles. The molecule has 0 atom stereocenters. The summed E-state index contributed by atoms with van der Waals surface area (Å²) >= 11 is 0. The van der Waals surface area contributed by atoms with Crippen molar-refractivity contribution in [3.63, 3.8) is 0 Å². The molecule has 10 heavy (non-hydrogen) atoms. The van der Waals surface area contributed by atoms with E-state index in [1.807, 2.05) is 6.08 Å². The molecular formula is C7H11NO2. The van der Waals surface area contributed by atoms with Crippen molar-refractivity contribution in [2.45, 2.75) is 13.3 Å². The highest BCUT2D eigenvalue weighted by Gasteiger charge is 2.12. The third-order valence-corrected chi connectivity index (χ3v) is 1.30. The minimum absolute atomic E-state index is 0.236. The van der Waals surface area contributed by atoms with E-state index in [4.69, 9.17) is 4.74 Å². The van der Waals surface area contributed by atoms with Gasteiger partial charge in [-0.25, -0.2) is 4.79 Å². The van der Waals surface area contributed by atoms with Gasteiger partial charge >= 0.3 is 5.97 Å². The van der Waals surface area contributed by atoms with Crippen LogP contribution in [-0.4, -0.2) is 19.1 Å². The van der Waals surface area contributed by atoms with Crippen LogP contribution in [0, 0.1) is 0 Å². The number of carbonyl (C=O) groups excluding carboxylic acids is 1. The van der Waals surface area contributed by atoms with Crippen LogP contribution in [0.25, 0.3) is 0 Å². The Kier molecular flexibility index (Phi) is 2.31. The molecule has 0 spiro atoms. The summed E-state index contributed by atoms with van der Waals surface area (Å²) in [5.74, 6) is -0.236. The van der Waals surface area contributed by atoms with Crippen molar-refractivity contribution in [3.8, 4) is 0 Å². The van der Waals surface area contributed by atoms with Crippen molar-refractivity contribution >= 4 is 5.97 Å². The summed E-state index contributed by atoms with van der Waals surface area (Å²) < 4.78 is 4.76. The fourth-order valence-electron chi connectivity index (χ4n) is 0.860. The smallest absolute Gasteiger partial charge is 0.354 e. The van der Waals surface area contributed by atoms with Crippen molar-refractivity contribution in [2.24, 2.45) is 0 Å². The zero-order valence-corrected chi connectivity index (χ0v) is 6.02. The van der Waals surface area contributed by atoms with Crippen molar-refractivity contribution in [1.29, 1.82) is 0 Å². The van der Waals surface area contributed by atoms with E-state index in [9.17, 15) is 4.79 Å². The molecule has 0 fully saturated rings. The first-order valence-electron chi connectivity index (χ1n) is 3.45. The molecular weight excluding hydrogens is 130 g/mol. The monoisotopic (exact) mass is 141 g/mol. The first-order chi connectivity index (χ1) is 4.84. The number of hydrogen-bond acceptors (Lipinski definition) is 3. The molecule has 0 saturated heterocycles. The lowest BCUT2D eigenvalue weighted by Gasteiger charge is -2.01. The Bertz CT molecular complexity index is 163. The summed E-state index contributed by atoms with van der Waals surface area (Å²) in [4.78, 5) is 10.9. The molecule has 0 unspecified atom stereocenters. The molecule has 0 amide bonds. The van der Waals surface area contributed by atoms with Gasteiger partial charge in [-0.3, -0.25) is 0 Å². The van der Waals surface area contributed by atoms with Gasteiger partial charge in [-0.05, 0) is 13.3 Å². The van der Waals surface area contributed by atoms with Gasteiger partial charge in [0.2, 0.25) is 0 Å². The maximum atomic E-state index is 10.9. The van der Waals surface area contributed by atoms with Gasteiger partial charge in [-0.1, -0.05) is 6.08 Å². The zero-order valence-electron chi connectivity index (χ0n) is 6.02. The molecule has 0 aliphatic carbocycles. The summed E-state index contributed by atoms with van der Waals surface area (Å²) in [7, 11) is 0. The molecule has 1 heterocycles. The quantitative estimate of drug-likeness (QED) is 0.566. The summed E-state index contributed by atoms with van der Waals surface area (Å²) in [6, 6.07) is 0. The third kappa shape index (κ3) is 1.50. The predicted molar refractivity (Wildman–Crippen MR) is 37.3 cm³/mol. The summed E-state index contributed by atoms with van der Waals surface area (Å²) in [6.45, 7) is 3.10. The van der Waals surface area contributed by atoms with Gasteiger partial charge in [0.25, 0.3) is 0 Å². The lowest BCUT2D eigenvalue weighted by atomic mass is 10.4. The molecule has 1 rings (SSSR count). The molecule has 1 aliphatic heterocycles. The van der Waals surface area contributed by atoms with Gasteiger partial charge in [0.15, 0.2) is 0 Å².